The van der Waals surface area contributed by atoms with Gasteiger partial charge >= 0.3 is 0 Å². The Labute approximate surface area is 110 Å². The Morgan fingerprint density at radius 1 is 1.32 bits per heavy atom. The number of nitrogens with one attached hydrogen (secondary N) is 1. The standard InChI is InChI=1S/C13H17F2NO3/c1-3-13(6-17,7-18)16-12(19)10-9(14)5-4-8(2)11(10)15/h4-5,17-18H,3,6-7H2,1-2H3,(H,16,19). The Balaban J connectivity index is 3.11. The lowest BCUT2D eigenvalue weighted by atomic mass is 9.97. The highest BCUT2D eigenvalue weighted by atomic mass is 19.1. The summed E-state index contributed by atoms with van der Waals surface area (Å²) < 4.78 is 27.3. The number of carbonyl (C=O) groups is 1. The fourth-order valence-electron chi connectivity index (χ4n) is 1.61. The third-order valence-electron chi connectivity index (χ3n) is 3.17. The zero-order valence-electron chi connectivity index (χ0n) is 10.8. The molecule has 0 aliphatic carbocycles. The van der Waals surface area contributed by atoms with E-state index in [1.54, 1.807) is 6.92 Å². The first-order chi connectivity index (χ1) is 8.90. The molecule has 1 aromatic rings. The molecular weight excluding hydrogens is 256 g/mol. The fraction of sp³-hybridized carbons (Fsp3) is 0.462. The molecular formula is C13H17F2NO3. The molecule has 3 N–H and O–H groups in total. The van der Waals surface area contributed by atoms with Gasteiger partial charge in [-0.3, -0.25) is 4.79 Å². The number of halogens is 2. The minimum absolute atomic E-state index is 0.140. The number of hydrogen-bond acceptors (Lipinski definition) is 3. The maximum Gasteiger partial charge on any atom is 0.257 e. The molecule has 0 fully saturated rings. The van der Waals surface area contributed by atoms with Crippen molar-refractivity contribution < 1.29 is 23.8 Å². The van der Waals surface area contributed by atoms with Gasteiger partial charge in [0.15, 0.2) is 0 Å². The minimum atomic E-state index is -1.29. The van der Waals surface area contributed by atoms with Gasteiger partial charge in [0, 0.05) is 0 Å². The van der Waals surface area contributed by atoms with Crippen molar-refractivity contribution in [3.05, 3.63) is 34.9 Å². The van der Waals surface area contributed by atoms with Crippen molar-refractivity contribution in [3.8, 4) is 0 Å². The monoisotopic (exact) mass is 273 g/mol. The predicted octanol–water partition coefficient (Wildman–Crippen LogP) is 1.14. The van der Waals surface area contributed by atoms with Crippen molar-refractivity contribution in [1.29, 1.82) is 0 Å². The molecule has 0 aliphatic rings. The van der Waals surface area contributed by atoms with Crippen molar-refractivity contribution in [2.75, 3.05) is 13.2 Å². The number of benzene rings is 1. The average Bonchev–Trinajstić information content (AvgIpc) is 2.41. The van der Waals surface area contributed by atoms with E-state index in [2.05, 4.69) is 5.32 Å². The molecule has 1 aromatic carbocycles. The summed E-state index contributed by atoms with van der Waals surface area (Å²) >= 11 is 0. The molecule has 4 nitrogen and oxygen atoms in total. The first-order valence-corrected chi connectivity index (χ1v) is 5.89. The molecule has 0 saturated heterocycles. The normalized spacial score (nSPS) is 11.5. The maximum absolute atomic E-state index is 13.8. The van der Waals surface area contributed by atoms with Crippen LogP contribution < -0.4 is 5.32 Å². The highest BCUT2D eigenvalue weighted by molar-refractivity contribution is 5.95. The summed E-state index contributed by atoms with van der Waals surface area (Å²) in [6.45, 7) is 1.99. The largest absolute Gasteiger partial charge is 0.394 e. The van der Waals surface area contributed by atoms with Crippen LogP contribution in [0.3, 0.4) is 0 Å². The Bertz CT molecular complexity index is 465. The van der Waals surface area contributed by atoms with Crippen LogP contribution in [0.15, 0.2) is 12.1 Å². The first kappa shape index (κ1) is 15.5. The van der Waals surface area contributed by atoms with E-state index in [9.17, 15) is 23.8 Å². The van der Waals surface area contributed by atoms with Gasteiger partial charge in [0.25, 0.3) is 5.91 Å². The zero-order chi connectivity index (χ0) is 14.6. The van der Waals surface area contributed by atoms with E-state index in [0.717, 1.165) is 6.07 Å². The summed E-state index contributed by atoms with van der Waals surface area (Å²) in [5.74, 6) is -2.93. The van der Waals surface area contributed by atoms with Gasteiger partial charge in [0.1, 0.15) is 17.2 Å². The van der Waals surface area contributed by atoms with E-state index in [-0.39, 0.29) is 12.0 Å². The molecule has 106 valence electrons. The quantitative estimate of drug-likeness (QED) is 0.753. The SMILES string of the molecule is CCC(CO)(CO)NC(=O)c1c(F)ccc(C)c1F. The van der Waals surface area contributed by atoms with Crippen LogP contribution in [0, 0.1) is 18.6 Å². The van der Waals surface area contributed by atoms with Gasteiger partial charge < -0.3 is 15.5 Å². The van der Waals surface area contributed by atoms with Crippen LogP contribution in [-0.2, 0) is 0 Å². The lowest BCUT2D eigenvalue weighted by Crippen LogP contribution is -2.54. The molecule has 1 rings (SSSR count). The van der Waals surface area contributed by atoms with Gasteiger partial charge in [-0.25, -0.2) is 8.78 Å². The number of aryl methyl sites for hydroxylation is 1. The summed E-state index contributed by atoms with van der Waals surface area (Å²) in [6.07, 6.45) is 0.223. The van der Waals surface area contributed by atoms with E-state index < -0.39 is 41.9 Å². The summed E-state index contributed by atoms with van der Waals surface area (Å²) in [6, 6.07) is 2.23. The van der Waals surface area contributed by atoms with E-state index in [4.69, 9.17) is 0 Å². The van der Waals surface area contributed by atoms with E-state index in [1.165, 1.54) is 13.0 Å². The van der Waals surface area contributed by atoms with E-state index >= 15 is 0 Å². The molecule has 19 heavy (non-hydrogen) atoms. The van der Waals surface area contributed by atoms with Gasteiger partial charge in [-0.2, -0.15) is 0 Å². The Hall–Kier alpha value is -1.53. The third kappa shape index (κ3) is 3.08. The second-order valence-corrected chi connectivity index (χ2v) is 4.46. The Morgan fingerprint density at radius 3 is 2.37 bits per heavy atom. The van der Waals surface area contributed by atoms with Crippen molar-refractivity contribution in [2.24, 2.45) is 0 Å². The number of carbonyl (C=O) groups excluding carboxylic acids is 1. The summed E-state index contributed by atoms with van der Waals surface area (Å²) in [7, 11) is 0. The van der Waals surface area contributed by atoms with E-state index in [0.29, 0.717) is 0 Å². The van der Waals surface area contributed by atoms with Gasteiger partial charge in [0.05, 0.1) is 18.8 Å². The third-order valence-corrected chi connectivity index (χ3v) is 3.17. The van der Waals surface area contributed by atoms with Gasteiger partial charge in [-0.15, -0.1) is 0 Å². The van der Waals surface area contributed by atoms with Crippen LogP contribution >= 0.6 is 0 Å². The van der Waals surface area contributed by atoms with Gasteiger partial charge in [0.2, 0.25) is 0 Å². The molecule has 0 heterocycles. The van der Waals surface area contributed by atoms with Crippen molar-refractivity contribution in [3.63, 3.8) is 0 Å². The molecule has 0 bridgehead atoms. The molecule has 0 aromatic heterocycles. The molecule has 1 amide bonds. The van der Waals surface area contributed by atoms with Crippen LogP contribution in [0.4, 0.5) is 8.78 Å². The number of aliphatic hydroxyl groups excluding tert-OH is 2. The zero-order valence-corrected chi connectivity index (χ0v) is 10.8. The average molecular weight is 273 g/mol. The molecule has 0 atom stereocenters. The summed E-state index contributed by atoms with van der Waals surface area (Å²) in [5.41, 5.74) is -1.86. The topological polar surface area (TPSA) is 69.6 Å². The number of aliphatic hydroxyl groups is 2. The highest BCUT2D eigenvalue weighted by Gasteiger charge is 2.31. The molecule has 0 spiro atoms. The maximum atomic E-state index is 13.8. The van der Waals surface area contributed by atoms with Crippen LogP contribution in [0.5, 0.6) is 0 Å². The van der Waals surface area contributed by atoms with Crippen LogP contribution in [0.2, 0.25) is 0 Å². The summed E-state index contributed by atoms with van der Waals surface area (Å²) in [5, 5.41) is 20.7. The predicted molar refractivity (Wildman–Crippen MR) is 65.8 cm³/mol. The van der Waals surface area contributed by atoms with Crippen LogP contribution in [0.1, 0.15) is 29.3 Å². The van der Waals surface area contributed by atoms with Crippen LogP contribution in [-0.4, -0.2) is 34.9 Å². The van der Waals surface area contributed by atoms with Gasteiger partial charge in [-0.05, 0) is 25.0 Å². The number of hydrogen-bond donors (Lipinski definition) is 3. The molecule has 0 saturated carbocycles. The van der Waals surface area contributed by atoms with Gasteiger partial charge in [-0.1, -0.05) is 13.0 Å². The Morgan fingerprint density at radius 2 is 1.89 bits per heavy atom. The first-order valence-electron chi connectivity index (χ1n) is 5.89. The molecule has 0 radical (unpaired) electrons. The van der Waals surface area contributed by atoms with Crippen molar-refractivity contribution >= 4 is 5.91 Å². The summed E-state index contributed by atoms with van der Waals surface area (Å²) in [4.78, 5) is 11.9. The molecule has 0 aliphatic heterocycles. The smallest absolute Gasteiger partial charge is 0.257 e. The highest BCUT2D eigenvalue weighted by Crippen LogP contribution is 2.18. The van der Waals surface area contributed by atoms with Crippen molar-refractivity contribution in [1.82, 2.24) is 5.32 Å². The minimum Gasteiger partial charge on any atom is -0.394 e. The van der Waals surface area contributed by atoms with E-state index in [1.807, 2.05) is 0 Å². The molecule has 6 heteroatoms. The van der Waals surface area contributed by atoms with Crippen molar-refractivity contribution in [2.45, 2.75) is 25.8 Å². The fourth-order valence-corrected chi connectivity index (χ4v) is 1.61. The molecule has 0 unspecified atom stereocenters. The second kappa shape index (κ2) is 6.08. The second-order valence-electron chi connectivity index (χ2n) is 4.46. The number of amides is 1. The number of rotatable bonds is 5. The Kier molecular flexibility index (Phi) is 4.97. The lowest BCUT2D eigenvalue weighted by molar-refractivity contribution is 0.0646. The lowest BCUT2D eigenvalue weighted by Gasteiger charge is -2.29. The van der Waals surface area contributed by atoms with Crippen LogP contribution in [0.25, 0.3) is 0 Å².